The van der Waals surface area contributed by atoms with Gasteiger partial charge in [-0.2, -0.15) is 5.26 Å². The van der Waals surface area contributed by atoms with E-state index in [0.29, 0.717) is 6.54 Å². The number of nitrogens with zero attached hydrogens (tertiary/aromatic N) is 5. The summed E-state index contributed by atoms with van der Waals surface area (Å²) in [5, 5.41) is 12.4. The quantitative estimate of drug-likeness (QED) is 0.646. The summed E-state index contributed by atoms with van der Waals surface area (Å²) in [5.41, 5.74) is 1.78. The molecule has 14 heavy (non-hydrogen) atoms. The fraction of sp³-hybridized carbons (Fsp3) is 0.222. The van der Waals surface area contributed by atoms with Crippen molar-refractivity contribution in [3.05, 3.63) is 30.5 Å². The van der Waals surface area contributed by atoms with Gasteiger partial charge in [0.2, 0.25) is 5.82 Å². The van der Waals surface area contributed by atoms with Crippen molar-refractivity contribution in [3.8, 4) is 6.07 Å². The van der Waals surface area contributed by atoms with E-state index in [1.54, 1.807) is 12.4 Å². The first-order valence-corrected chi connectivity index (χ1v) is 4.15. The average molecular weight is 187 g/mol. The lowest BCUT2D eigenvalue weighted by atomic mass is 10.3. The first-order chi connectivity index (χ1) is 6.76. The lowest BCUT2D eigenvalue weighted by Crippen LogP contribution is -2.28. The van der Waals surface area contributed by atoms with E-state index in [9.17, 15) is 0 Å². The van der Waals surface area contributed by atoms with Gasteiger partial charge in [-0.25, -0.2) is 9.97 Å². The zero-order chi connectivity index (χ0) is 10.1. The highest BCUT2D eigenvalue weighted by Crippen LogP contribution is 2.27. The van der Waals surface area contributed by atoms with E-state index in [1.807, 2.05) is 23.1 Å². The van der Waals surface area contributed by atoms with Gasteiger partial charge in [-0.1, -0.05) is 6.58 Å². The van der Waals surface area contributed by atoms with Gasteiger partial charge in [0.05, 0.1) is 24.1 Å². The SMILES string of the molecule is C=CN1Cc2nc(C#N)ncc2N1C. The summed E-state index contributed by atoms with van der Waals surface area (Å²) in [6.45, 7) is 4.34. The van der Waals surface area contributed by atoms with Crippen molar-refractivity contribution in [1.29, 1.82) is 5.26 Å². The minimum Gasteiger partial charge on any atom is -0.287 e. The normalized spacial score (nSPS) is 13.7. The number of fused-ring (bicyclic) bond motifs is 1. The lowest BCUT2D eigenvalue weighted by Gasteiger charge is -2.23. The second-order valence-electron chi connectivity index (χ2n) is 2.94. The topological polar surface area (TPSA) is 56.1 Å². The highest BCUT2D eigenvalue weighted by Gasteiger charge is 2.23. The Kier molecular flexibility index (Phi) is 1.82. The van der Waals surface area contributed by atoms with Crippen LogP contribution in [0, 0.1) is 11.3 Å². The molecule has 0 N–H and O–H groups in total. The van der Waals surface area contributed by atoms with Gasteiger partial charge < -0.3 is 0 Å². The third kappa shape index (κ3) is 1.09. The number of hydrazine groups is 1. The Bertz CT molecular complexity index is 420. The molecule has 70 valence electrons. The Balaban J connectivity index is 2.44. The fourth-order valence-electron chi connectivity index (χ4n) is 1.44. The van der Waals surface area contributed by atoms with E-state index < -0.39 is 0 Å². The molecule has 0 unspecified atom stereocenters. The highest BCUT2D eigenvalue weighted by atomic mass is 15.6. The van der Waals surface area contributed by atoms with Gasteiger partial charge in [-0.05, 0) is 0 Å². The maximum absolute atomic E-state index is 8.64. The molecule has 0 atom stereocenters. The third-order valence-corrected chi connectivity index (χ3v) is 2.20. The van der Waals surface area contributed by atoms with Gasteiger partial charge in [0.25, 0.3) is 0 Å². The van der Waals surface area contributed by atoms with Crippen LogP contribution in [0.15, 0.2) is 19.0 Å². The van der Waals surface area contributed by atoms with E-state index in [-0.39, 0.29) is 5.82 Å². The molecule has 0 amide bonds. The molecule has 0 bridgehead atoms. The Hall–Kier alpha value is -2.09. The van der Waals surface area contributed by atoms with Gasteiger partial charge in [0, 0.05) is 13.2 Å². The first kappa shape index (κ1) is 8.51. The van der Waals surface area contributed by atoms with E-state index in [2.05, 4.69) is 16.5 Å². The summed E-state index contributed by atoms with van der Waals surface area (Å²) in [6.07, 6.45) is 3.37. The molecule has 0 aliphatic carbocycles. The summed E-state index contributed by atoms with van der Waals surface area (Å²) in [5.74, 6) is 0.211. The number of rotatable bonds is 1. The van der Waals surface area contributed by atoms with Crippen molar-refractivity contribution < 1.29 is 0 Å². The molecule has 1 aromatic heterocycles. The molecule has 0 saturated heterocycles. The molecule has 5 nitrogen and oxygen atoms in total. The van der Waals surface area contributed by atoms with Gasteiger partial charge in [-0.15, -0.1) is 0 Å². The Morgan fingerprint density at radius 2 is 2.50 bits per heavy atom. The van der Waals surface area contributed by atoms with Crippen molar-refractivity contribution in [2.45, 2.75) is 6.54 Å². The molecule has 1 aromatic rings. The monoisotopic (exact) mass is 187 g/mol. The van der Waals surface area contributed by atoms with Crippen molar-refractivity contribution in [1.82, 2.24) is 15.0 Å². The molecule has 0 saturated carbocycles. The van der Waals surface area contributed by atoms with E-state index >= 15 is 0 Å². The minimum absolute atomic E-state index is 0.211. The van der Waals surface area contributed by atoms with Crippen molar-refractivity contribution >= 4 is 5.69 Å². The average Bonchev–Trinajstić information content (AvgIpc) is 2.55. The number of hydrogen-bond donors (Lipinski definition) is 0. The van der Waals surface area contributed by atoms with Gasteiger partial charge in [-0.3, -0.25) is 10.0 Å². The molecule has 5 heteroatoms. The second-order valence-corrected chi connectivity index (χ2v) is 2.94. The van der Waals surface area contributed by atoms with E-state index in [4.69, 9.17) is 5.26 Å². The van der Waals surface area contributed by atoms with Crippen LogP contribution in [-0.4, -0.2) is 22.0 Å². The van der Waals surface area contributed by atoms with E-state index in [0.717, 1.165) is 11.4 Å². The van der Waals surface area contributed by atoms with E-state index in [1.165, 1.54) is 0 Å². The van der Waals surface area contributed by atoms with Gasteiger partial charge in [0.1, 0.15) is 6.07 Å². The number of nitriles is 1. The zero-order valence-electron chi connectivity index (χ0n) is 7.80. The molecule has 1 aliphatic rings. The maximum atomic E-state index is 8.64. The lowest BCUT2D eigenvalue weighted by molar-refractivity contribution is 0.388. The first-order valence-electron chi connectivity index (χ1n) is 4.15. The summed E-state index contributed by atoms with van der Waals surface area (Å²) < 4.78 is 0. The molecular formula is C9H9N5. The Labute approximate surface area is 81.9 Å². The van der Waals surface area contributed by atoms with Crippen molar-refractivity contribution in [3.63, 3.8) is 0 Å². The number of anilines is 1. The van der Waals surface area contributed by atoms with Crippen molar-refractivity contribution in [2.24, 2.45) is 0 Å². The summed E-state index contributed by atoms with van der Waals surface area (Å²) in [4.78, 5) is 8.03. The van der Waals surface area contributed by atoms with Crippen LogP contribution in [0.2, 0.25) is 0 Å². The predicted octanol–water partition coefficient (Wildman–Crippen LogP) is 0.659. The molecule has 0 radical (unpaired) electrons. The molecule has 0 spiro atoms. The molecule has 2 rings (SSSR count). The van der Waals surface area contributed by atoms with Gasteiger partial charge in [0.15, 0.2) is 0 Å². The minimum atomic E-state index is 0.211. The molecular weight excluding hydrogens is 178 g/mol. The Morgan fingerprint density at radius 3 is 3.14 bits per heavy atom. The second kappa shape index (κ2) is 3.00. The molecule has 0 aromatic carbocycles. The van der Waals surface area contributed by atoms with Crippen LogP contribution < -0.4 is 5.01 Å². The highest BCUT2D eigenvalue weighted by molar-refractivity contribution is 5.51. The fourth-order valence-corrected chi connectivity index (χ4v) is 1.44. The van der Waals surface area contributed by atoms with Crippen LogP contribution >= 0.6 is 0 Å². The maximum Gasteiger partial charge on any atom is 0.232 e. The smallest absolute Gasteiger partial charge is 0.232 e. The van der Waals surface area contributed by atoms with Crippen LogP contribution in [0.4, 0.5) is 5.69 Å². The number of aromatic nitrogens is 2. The summed E-state index contributed by atoms with van der Waals surface area (Å²) >= 11 is 0. The van der Waals surface area contributed by atoms with Crippen LogP contribution in [0.1, 0.15) is 11.5 Å². The zero-order valence-corrected chi connectivity index (χ0v) is 7.80. The largest absolute Gasteiger partial charge is 0.287 e. The molecule has 0 fully saturated rings. The van der Waals surface area contributed by atoms with Crippen molar-refractivity contribution in [2.75, 3.05) is 12.1 Å². The summed E-state index contributed by atoms with van der Waals surface area (Å²) in [6, 6.07) is 1.92. The van der Waals surface area contributed by atoms with Crippen LogP contribution in [0.3, 0.4) is 0 Å². The Morgan fingerprint density at radius 1 is 1.71 bits per heavy atom. The standard InChI is InChI=1S/C9H9N5/c1-3-14-6-7-8(13(14)2)5-11-9(4-10)12-7/h3,5H,1,6H2,2H3. The molecule has 1 aliphatic heterocycles. The number of hydrogen-bond acceptors (Lipinski definition) is 5. The van der Waals surface area contributed by atoms with Crippen LogP contribution in [0.25, 0.3) is 0 Å². The summed E-state index contributed by atoms with van der Waals surface area (Å²) in [7, 11) is 1.91. The molecule has 2 heterocycles. The third-order valence-electron chi connectivity index (χ3n) is 2.20. The van der Waals surface area contributed by atoms with Gasteiger partial charge >= 0.3 is 0 Å². The van der Waals surface area contributed by atoms with Crippen LogP contribution in [0.5, 0.6) is 0 Å². The predicted molar refractivity (Wildman–Crippen MR) is 50.9 cm³/mol. The van der Waals surface area contributed by atoms with Crippen LogP contribution in [-0.2, 0) is 6.54 Å².